The molecule has 0 saturated heterocycles. The van der Waals surface area contributed by atoms with Crippen LogP contribution in [0.1, 0.15) is 21.5 Å². The van der Waals surface area contributed by atoms with E-state index in [-0.39, 0.29) is 30.3 Å². The molecule has 0 aliphatic heterocycles. The number of allylic oxidation sites excluding steroid dienone is 2. The molecule has 36 heavy (non-hydrogen) atoms. The lowest BCUT2D eigenvalue weighted by Crippen LogP contribution is -2.17. The van der Waals surface area contributed by atoms with Gasteiger partial charge in [-0.15, -0.1) is 0 Å². The van der Waals surface area contributed by atoms with E-state index in [1.54, 1.807) is 6.08 Å². The average molecular weight is 504 g/mol. The largest absolute Gasteiger partial charge is 0.489 e. The van der Waals surface area contributed by atoms with Crippen molar-refractivity contribution in [1.29, 1.82) is 0 Å². The average Bonchev–Trinajstić information content (AvgIpc) is 3.24. The van der Waals surface area contributed by atoms with Crippen molar-refractivity contribution < 1.29 is 31.5 Å². The Hall–Kier alpha value is -4.41. The Labute approximate surface area is 203 Å². The summed E-state index contributed by atoms with van der Waals surface area (Å²) in [5.41, 5.74) is 4.11. The molecule has 0 unspecified atom stereocenters. The lowest BCUT2D eigenvalue weighted by Gasteiger charge is -2.15. The SMILES string of the molecule is C=C/C=C(\C=C/N)COc1ccc(Cn2ccc(NC(=O)c3c(F)cccc3F)n2)c(C(F)(F)F)c1. The number of ether oxygens (including phenoxy) is 1. The Morgan fingerprint density at radius 2 is 1.89 bits per heavy atom. The van der Waals surface area contributed by atoms with Crippen LogP contribution < -0.4 is 15.8 Å². The fourth-order valence-electron chi connectivity index (χ4n) is 3.23. The van der Waals surface area contributed by atoms with Gasteiger partial charge in [0.05, 0.1) is 12.1 Å². The molecule has 0 aliphatic rings. The number of nitrogens with two attached hydrogens (primary N) is 1. The Bertz CT molecular complexity index is 1290. The first-order chi connectivity index (χ1) is 17.1. The van der Waals surface area contributed by atoms with Crippen LogP contribution in [-0.2, 0) is 12.7 Å². The zero-order valence-electron chi connectivity index (χ0n) is 18.7. The first-order valence-electron chi connectivity index (χ1n) is 10.4. The van der Waals surface area contributed by atoms with Gasteiger partial charge in [0.25, 0.3) is 5.91 Å². The summed E-state index contributed by atoms with van der Waals surface area (Å²) in [6.45, 7) is 3.23. The smallest absolute Gasteiger partial charge is 0.416 e. The van der Waals surface area contributed by atoms with Crippen LogP contribution in [-0.4, -0.2) is 22.3 Å². The van der Waals surface area contributed by atoms with Crippen molar-refractivity contribution in [2.45, 2.75) is 12.7 Å². The van der Waals surface area contributed by atoms with Crippen LogP contribution in [0, 0.1) is 11.6 Å². The maximum atomic E-state index is 13.8. The Kier molecular flexibility index (Phi) is 8.26. The molecule has 3 N–H and O–H groups in total. The third-order valence-electron chi connectivity index (χ3n) is 4.84. The van der Waals surface area contributed by atoms with E-state index in [1.807, 2.05) is 0 Å². The summed E-state index contributed by atoms with van der Waals surface area (Å²) in [6, 6.07) is 7.76. The number of carbonyl (C=O) groups excluding carboxylic acids is 1. The van der Waals surface area contributed by atoms with E-state index in [4.69, 9.17) is 10.5 Å². The first kappa shape index (κ1) is 26.2. The monoisotopic (exact) mass is 504 g/mol. The van der Waals surface area contributed by atoms with Gasteiger partial charge in [-0.3, -0.25) is 9.48 Å². The molecule has 1 heterocycles. The Morgan fingerprint density at radius 1 is 1.17 bits per heavy atom. The summed E-state index contributed by atoms with van der Waals surface area (Å²) in [5.74, 6) is -3.30. The van der Waals surface area contributed by atoms with Crippen LogP contribution in [0.25, 0.3) is 0 Å². The molecule has 1 amide bonds. The number of hydrogen-bond acceptors (Lipinski definition) is 4. The highest BCUT2D eigenvalue weighted by molar-refractivity contribution is 6.04. The standard InChI is InChI=1S/C25H21F5N4O2/c1-2-4-16(9-11-31)15-36-18-8-7-17(19(13-18)25(28,29)30)14-34-12-10-22(33-34)32-24(35)23-20(26)5-3-6-21(23)27/h2-13H,1,14-15,31H2,(H,32,33,35)/b11-9-,16-4+. The molecule has 0 atom stereocenters. The van der Waals surface area contributed by atoms with Gasteiger partial charge in [-0.1, -0.05) is 30.9 Å². The van der Waals surface area contributed by atoms with Crippen molar-refractivity contribution in [1.82, 2.24) is 9.78 Å². The minimum absolute atomic E-state index is 0.00760. The molecular formula is C25H21F5N4O2. The van der Waals surface area contributed by atoms with Crippen molar-refractivity contribution in [3.63, 3.8) is 0 Å². The summed E-state index contributed by atoms with van der Waals surface area (Å²) in [7, 11) is 0. The van der Waals surface area contributed by atoms with Gasteiger partial charge in [0.2, 0.25) is 0 Å². The van der Waals surface area contributed by atoms with E-state index < -0.39 is 34.8 Å². The number of amides is 1. The summed E-state index contributed by atoms with van der Waals surface area (Å²) in [5, 5.41) is 6.21. The van der Waals surface area contributed by atoms with Gasteiger partial charge in [-0.25, -0.2) is 8.78 Å². The summed E-state index contributed by atoms with van der Waals surface area (Å²) in [6.07, 6.45) is 2.56. The zero-order chi connectivity index (χ0) is 26.3. The van der Waals surface area contributed by atoms with E-state index in [2.05, 4.69) is 17.0 Å². The van der Waals surface area contributed by atoms with Crippen molar-refractivity contribution in [3.05, 3.63) is 114 Å². The molecule has 0 spiro atoms. The van der Waals surface area contributed by atoms with Crippen LogP contribution in [0.15, 0.2) is 85.2 Å². The molecule has 0 saturated carbocycles. The lowest BCUT2D eigenvalue weighted by atomic mass is 10.1. The fraction of sp³-hybridized carbons (Fsp3) is 0.120. The molecule has 0 aliphatic carbocycles. The predicted octanol–water partition coefficient (Wildman–Crippen LogP) is 5.44. The van der Waals surface area contributed by atoms with Crippen LogP contribution in [0.2, 0.25) is 0 Å². The van der Waals surface area contributed by atoms with Crippen molar-refractivity contribution in [2.75, 3.05) is 11.9 Å². The summed E-state index contributed by atoms with van der Waals surface area (Å²) < 4.78 is 75.5. The second-order valence-electron chi connectivity index (χ2n) is 7.39. The fourth-order valence-corrected chi connectivity index (χ4v) is 3.23. The van der Waals surface area contributed by atoms with E-state index in [9.17, 15) is 26.7 Å². The molecule has 0 fully saturated rings. The first-order valence-corrected chi connectivity index (χ1v) is 10.4. The topological polar surface area (TPSA) is 82.2 Å². The van der Waals surface area contributed by atoms with E-state index in [0.717, 1.165) is 28.9 Å². The van der Waals surface area contributed by atoms with Crippen LogP contribution in [0.3, 0.4) is 0 Å². The number of nitrogens with one attached hydrogen (secondary N) is 1. The number of aromatic nitrogens is 2. The van der Waals surface area contributed by atoms with Crippen LogP contribution in [0.4, 0.5) is 27.8 Å². The maximum Gasteiger partial charge on any atom is 0.416 e. The number of carbonyl (C=O) groups is 1. The summed E-state index contributed by atoms with van der Waals surface area (Å²) in [4.78, 5) is 12.2. The van der Waals surface area contributed by atoms with Crippen molar-refractivity contribution in [2.24, 2.45) is 5.73 Å². The number of alkyl halides is 3. The van der Waals surface area contributed by atoms with E-state index in [0.29, 0.717) is 5.57 Å². The van der Waals surface area contributed by atoms with Gasteiger partial charge in [-0.2, -0.15) is 18.3 Å². The van der Waals surface area contributed by atoms with E-state index >= 15 is 0 Å². The van der Waals surface area contributed by atoms with Crippen molar-refractivity contribution in [3.8, 4) is 5.75 Å². The maximum absolute atomic E-state index is 13.8. The molecule has 0 radical (unpaired) electrons. The highest BCUT2D eigenvalue weighted by Crippen LogP contribution is 2.35. The molecule has 3 aromatic rings. The number of nitrogens with zero attached hydrogens (tertiary/aromatic N) is 2. The van der Waals surface area contributed by atoms with Gasteiger partial charge in [0.15, 0.2) is 5.82 Å². The third kappa shape index (κ3) is 6.59. The number of benzene rings is 2. The minimum atomic E-state index is -4.68. The Balaban J connectivity index is 1.77. The third-order valence-corrected chi connectivity index (χ3v) is 4.84. The number of halogens is 5. The van der Waals surface area contributed by atoms with Gasteiger partial charge in [0.1, 0.15) is 29.6 Å². The summed E-state index contributed by atoms with van der Waals surface area (Å²) >= 11 is 0. The molecule has 0 bridgehead atoms. The van der Waals surface area contributed by atoms with Crippen molar-refractivity contribution >= 4 is 11.7 Å². The van der Waals surface area contributed by atoms with Crippen LogP contribution >= 0.6 is 0 Å². The normalized spacial score (nSPS) is 12.1. The van der Waals surface area contributed by atoms with Crippen LogP contribution in [0.5, 0.6) is 5.75 Å². The molecule has 3 rings (SSSR count). The quantitative estimate of drug-likeness (QED) is 0.300. The highest BCUT2D eigenvalue weighted by Gasteiger charge is 2.34. The lowest BCUT2D eigenvalue weighted by molar-refractivity contribution is -0.138. The number of anilines is 1. The van der Waals surface area contributed by atoms with E-state index in [1.165, 1.54) is 42.7 Å². The second-order valence-corrected chi connectivity index (χ2v) is 7.39. The van der Waals surface area contributed by atoms with Gasteiger partial charge < -0.3 is 15.8 Å². The van der Waals surface area contributed by atoms with Gasteiger partial charge in [-0.05, 0) is 47.7 Å². The Morgan fingerprint density at radius 3 is 2.53 bits per heavy atom. The second kappa shape index (κ2) is 11.3. The number of hydrogen-bond donors (Lipinski definition) is 2. The molecule has 6 nitrogen and oxygen atoms in total. The molecule has 11 heteroatoms. The van der Waals surface area contributed by atoms with Gasteiger partial charge >= 0.3 is 6.18 Å². The molecule has 188 valence electrons. The minimum Gasteiger partial charge on any atom is -0.489 e. The molecular weight excluding hydrogens is 483 g/mol. The zero-order valence-corrected chi connectivity index (χ0v) is 18.7. The number of rotatable bonds is 9. The predicted molar refractivity (Wildman–Crippen MR) is 124 cm³/mol. The highest BCUT2D eigenvalue weighted by atomic mass is 19.4. The molecule has 2 aromatic carbocycles. The molecule has 1 aromatic heterocycles. The van der Waals surface area contributed by atoms with Gasteiger partial charge in [0, 0.05) is 12.3 Å².